The van der Waals surface area contributed by atoms with Gasteiger partial charge in [0.15, 0.2) is 0 Å². The van der Waals surface area contributed by atoms with Crippen LogP contribution in [0.25, 0.3) is 10.8 Å². The molecule has 0 heterocycles. The summed E-state index contributed by atoms with van der Waals surface area (Å²) in [6.07, 6.45) is 23.4. The largest absolute Gasteiger partial charge is 0.0622 e. The van der Waals surface area contributed by atoms with Crippen LogP contribution in [0.5, 0.6) is 0 Å². The molecule has 50 heavy (non-hydrogen) atoms. The minimum Gasteiger partial charge on any atom is -0.0622 e. The second kappa shape index (κ2) is 14.3. The maximum atomic E-state index is 2.56. The molecule has 0 radical (unpaired) electrons. The molecule has 11 rings (SSSR count). The summed E-state index contributed by atoms with van der Waals surface area (Å²) in [5.41, 5.74) is 6.11. The highest BCUT2D eigenvalue weighted by Crippen LogP contribution is 2.62. The van der Waals surface area contributed by atoms with Crippen LogP contribution in [0.3, 0.4) is 0 Å². The summed E-state index contributed by atoms with van der Waals surface area (Å²) in [5.74, 6) is 6.18. The molecular formula is C50H64. The Morgan fingerprint density at radius 1 is 0.440 bits per heavy atom. The molecule has 7 fully saturated rings. The zero-order valence-electron chi connectivity index (χ0n) is 31.6. The minimum atomic E-state index is 0.435. The summed E-state index contributed by atoms with van der Waals surface area (Å²) in [6, 6.07) is 38.2. The van der Waals surface area contributed by atoms with Gasteiger partial charge in [-0.15, -0.1) is 0 Å². The molecule has 0 N–H and O–H groups in total. The Morgan fingerprint density at radius 3 is 1.64 bits per heavy atom. The van der Waals surface area contributed by atoms with Gasteiger partial charge in [0.1, 0.15) is 0 Å². The van der Waals surface area contributed by atoms with Crippen LogP contribution in [-0.2, 0) is 16.2 Å². The highest BCUT2D eigenvalue weighted by molar-refractivity contribution is 5.83. The molecule has 0 aliphatic heterocycles. The van der Waals surface area contributed by atoms with Crippen molar-refractivity contribution in [2.45, 2.75) is 140 Å². The number of hydrogen-bond acceptors (Lipinski definition) is 0. The Kier molecular flexibility index (Phi) is 9.78. The molecule has 0 aromatic heterocycles. The van der Waals surface area contributed by atoms with Crippen molar-refractivity contribution in [1.29, 1.82) is 0 Å². The predicted molar refractivity (Wildman–Crippen MR) is 214 cm³/mol. The third-order valence-electron chi connectivity index (χ3n) is 15.7. The third-order valence-corrected chi connectivity index (χ3v) is 15.7. The fourth-order valence-corrected chi connectivity index (χ4v) is 12.7. The van der Waals surface area contributed by atoms with Crippen LogP contribution in [0.1, 0.15) is 140 Å². The lowest BCUT2D eigenvalue weighted by Gasteiger charge is -2.60. The summed E-state index contributed by atoms with van der Waals surface area (Å²) < 4.78 is 0. The molecule has 4 aromatic rings. The normalized spacial score (nSPS) is 34.9. The van der Waals surface area contributed by atoms with Gasteiger partial charge in [-0.1, -0.05) is 162 Å². The van der Waals surface area contributed by atoms with E-state index in [2.05, 4.69) is 124 Å². The number of fused-ring (bicyclic) bond motifs is 2. The van der Waals surface area contributed by atoms with Gasteiger partial charge in [0, 0.05) is 0 Å². The van der Waals surface area contributed by atoms with Crippen molar-refractivity contribution in [3.63, 3.8) is 0 Å². The highest BCUT2D eigenvalue weighted by atomic mass is 14.6. The van der Waals surface area contributed by atoms with E-state index < -0.39 is 0 Å². The Labute approximate surface area is 304 Å². The van der Waals surface area contributed by atoms with Crippen LogP contribution < -0.4 is 0 Å². The van der Waals surface area contributed by atoms with Gasteiger partial charge >= 0.3 is 0 Å². The number of hydrogen-bond donors (Lipinski definition) is 0. The fraction of sp³-hybridized carbons (Fsp3) is 0.560. The summed E-state index contributed by atoms with van der Waals surface area (Å²) in [4.78, 5) is 0. The first kappa shape index (κ1) is 34.2. The van der Waals surface area contributed by atoms with Crippen LogP contribution >= 0.6 is 0 Å². The molecule has 0 amide bonds. The average molecular weight is 665 g/mol. The van der Waals surface area contributed by atoms with Crippen molar-refractivity contribution in [2.75, 3.05) is 0 Å². The Bertz CT molecular complexity index is 1660. The SMILES string of the molecule is CC1(c2ccc3ccccc3c2)CCCC1.CC1(c2ccccc2)C2CC3CC(C2)CC1C3.CC1(c2ccccc2)CCC2CCCCC2C1. The zero-order chi connectivity index (χ0) is 34.2. The molecule has 7 saturated carbocycles. The van der Waals surface area contributed by atoms with Crippen LogP contribution in [0, 0.1) is 35.5 Å². The van der Waals surface area contributed by atoms with Gasteiger partial charge in [-0.3, -0.25) is 0 Å². The maximum Gasteiger partial charge on any atom is -0.00184 e. The molecular weight excluding hydrogens is 601 g/mol. The molecule has 7 aliphatic carbocycles. The van der Waals surface area contributed by atoms with Gasteiger partial charge in [-0.2, -0.15) is 0 Å². The van der Waals surface area contributed by atoms with Crippen molar-refractivity contribution in [3.8, 4) is 0 Å². The van der Waals surface area contributed by atoms with Crippen LogP contribution in [0.15, 0.2) is 103 Å². The van der Waals surface area contributed by atoms with Gasteiger partial charge in [-0.05, 0) is 143 Å². The molecule has 3 atom stereocenters. The summed E-state index contributed by atoms with van der Waals surface area (Å²) in [7, 11) is 0. The topological polar surface area (TPSA) is 0 Å². The van der Waals surface area contributed by atoms with Crippen LogP contribution in [-0.4, -0.2) is 0 Å². The average Bonchev–Trinajstić information content (AvgIpc) is 3.62. The second-order valence-corrected chi connectivity index (χ2v) is 18.8. The van der Waals surface area contributed by atoms with Gasteiger partial charge in [0.2, 0.25) is 0 Å². The maximum absolute atomic E-state index is 2.56. The molecule has 7 aliphatic rings. The zero-order valence-corrected chi connectivity index (χ0v) is 31.6. The van der Waals surface area contributed by atoms with Gasteiger partial charge in [0.05, 0.1) is 0 Å². The Morgan fingerprint density at radius 2 is 1.00 bits per heavy atom. The van der Waals surface area contributed by atoms with Gasteiger partial charge in [-0.25, -0.2) is 0 Å². The first-order valence-corrected chi connectivity index (χ1v) is 20.9. The van der Waals surface area contributed by atoms with Crippen LogP contribution in [0.4, 0.5) is 0 Å². The lowest BCUT2D eigenvalue weighted by Crippen LogP contribution is -2.53. The predicted octanol–water partition coefficient (Wildman–Crippen LogP) is 14.0. The fourth-order valence-electron chi connectivity index (χ4n) is 12.7. The standard InChI is InChI=1S/C17H22.C17H24.C16H18/c1-17(14-5-3-2-4-6-14)15-8-12-7-13(10-15)11-16(17)9-12;1-17(16-9-3-2-4-10-16)12-11-14-7-5-6-8-15(14)13-17;1-16(10-4-5-11-16)15-9-8-13-6-2-3-7-14(13)12-15/h2-6,12-13,15-16H,7-11H2,1H3;2-4,9-10,14-15H,5-8,11-13H2,1H3;2-3,6-9,12H,4-5,10-11H2,1H3. The molecule has 3 unspecified atom stereocenters. The Hall–Kier alpha value is -2.86. The van der Waals surface area contributed by atoms with E-state index in [1.807, 2.05) is 0 Å². The van der Waals surface area contributed by atoms with E-state index in [1.54, 1.807) is 17.5 Å². The first-order valence-electron chi connectivity index (χ1n) is 20.9. The molecule has 4 aromatic carbocycles. The van der Waals surface area contributed by atoms with E-state index in [0.717, 1.165) is 35.5 Å². The molecule has 0 saturated heterocycles. The molecule has 0 nitrogen and oxygen atoms in total. The second-order valence-electron chi connectivity index (χ2n) is 18.8. The van der Waals surface area contributed by atoms with Crippen LogP contribution in [0.2, 0.25) is 0 Å². The number of benzene rings is 4. The third kappa shape index (κ3) is 6.75. The minimum absolute atomic E-state index is 0.435. The van der Waals surface area contributed by atoms with Crippen molar-refractivity contribution >= 4 is 10.8 Å². The van der Waals surface area contributed by atoms with Crippen molar-refractivity contribution < 1.29 is 0 Å². The number of rotatable bonds is 3. The van der Waals surface area contributed by atoms with Crippen molar-refractivity contribution in [3.05, 3.63) is 120 Å². The molecule has 0 spiro atoms. The summed E-state index contributed by atoms with van der Waals surface area (Å²) in [5, 5.41) is 2.74. The molecule has 0 heteroatoms. The Balaban J connectivity index is 0.000000108. The van der Waals surface area contributed by atoms with E-state index in [4.69, 9.17) is 0 Å². The smallest absolute Gasteiger partial charge is 0.00184 e. The lowest BCUT2D eigenvalue weighted by atomic mass is 9.44. The van der Waals surface area contributed by atoms with E-state index in [1.165, 1.54) is 113 Å². The first-order chi connectivity index (χ1) is 24.3. The van der Waals surface area contributed by atoms with E-state index in [9.17, 15) is 0 Å². The monoisotopic (exact) mass is 665 g/mol. The van der Waals surface area contributed by atoms with Gasteiger partial charge in [0.25, 0.3) is 0 Å². The van der Waals surface area contributed by atoms with E-state index in [-0.39, 0.29) is 0 Å². The lowest BCUT2D eigenvalue weighted by molar-refractivity contribution is -0.0523. The van der Waals surface area contributed by atoms with E-state index in [0.29, 0.717) is 16.2 Å². The quantitative estimate of drug-likeness (QED) is 0.204. The summed E-state index contributed by atoms with van der Waals surface area (Å²) in [6.45, 7) is 7.48. The molecule has 4 bridgehead atoms. The van der Waals surface area contributed by atoms with Crippen molar-refractivity contribution in [1.82, 2.24) is 0 Å². The van der Waals surface area contributed by atoms with Gasteiger partial charge < -0.3 is 0 Å². The molecule has 264 valence electrons. The summed E-state index contributed by atoms with van der Waals surface area (Å²) >= 11 is 0. The van der Waals surface area contributed by atoms with E-state index >= 15 is 0 Å². The highest BCUT2D eigenvalue weighted by Gasteiger charge is 2.55. The van der Waals surface area contributed by atoms with Crippen molar-refractivity contribution in [2.24, 2.45) is 35.5 Å².